The molecule has 11 heavy (non-hydrogen) atoms. The Balaban J connectivity index is 2.63. The van der Waals surface area contributed by atoms with Crippen molar-refractivity contribution in [2.75, 3.05) is 0 Å². The van der Waals surface area contributed by atoms with Gasteiger partial charge in [0.25, 0.3) is 0 Å². The van der Waals surface area contributed by atoms with Crippen molar-refractivity contribution in [1.29, 1.82) is 0 Å². The van der Waals surface area contributed by atoms with Crippen LogP contribution in [0.3, 0.4) is 0 Å². The molecule has 0 spiro atoms. The number of rotatable bonds is 2. The molecule has 1 atom stereocenters. The number of nitrogens with zero attached hydrogens (tertiary/aromatic N) is 1. The summed E-state index contributed by atoms with van der Waals surface area (Å²) >= 11 is 0. The molecule has 0 radical (unpaired) electrons. The first-order chi connectivity index (χ1) is 5.15. The standard InChI is InChI=1S/C8H14N2O/c1-6(2)10-7(3)4-8(5-11)9-10/h4-6,8-9H,1-3H3. The van der Waals surface area contributed by atoms with E-state index in [-0.39, 0.29) is 6.04 Å². The average molecular weight is 154 g/mol. The Bertz CT molecular complexity index is 187. The van der Waals surface area contributed by atoms with E-state index >= 15 is 0 Å². The zero-order valence-electron chi connectivity index (χ0n) is 7.16. The zero-order chi connectivity index (χ0) is 8.43. The summed E-state index contributed by atoms with van der Waals surface area (Å²) in [7, 11) is 0. The van der Waals surface area contributed by atoms with Gasteiger partial charge in [-0.3, -0.25) is 0 Å². The van der Waals surface area contributed by atoms with Crippen LogP contribution in [0.5, 0.6) is 0 Å². The molecule has 0 fully saturated rings. The van der Waals surface area contributed by atoms with E-state index < -0.39 is 0 Å². The molecular weight excluding hydrogens is 140 g/mol. The summed E-state index contributed by atoms with van der Waals surface area (Å²) in [5.74, 6) is 0. The van der Waals surface area contributed by atoms with Gasteiger partial charge in [0.05, 0.1) is 0 Å². The summed E-state index contributed by atoms with van der Waals surface area (Å²) in [4.78, 5) is 10.4. The molecule has 0 aliphatic carbocycles. The fraction of sp³-hybridized carbons (Fsp3) is 0.625. The first-order valence-electron chi connectivity index (χ1n) is 3.84. The highest BCUT2D eigenvalue weighted by atomic mass is 16.1. The van der Waals surface area contributed by atoms with Crippen LogP contribution in [0.2, 0.25) is 0 Å². The van der Waals surface area contributed by atoms with Crippen LogP contribution in [0.4, 0.5) is 0 Å². The lowest BCUT2D eigenvalue weighted by atomic mass is 10.3. The monoisotopic (exact) mass is 154 g/mol. The lowest BCUT2D eigenvalue weighted by molar-refractivity contribution is -0.109. The number of allylic oxidation sites excluding steroid dienone is 1. The van der Waals surface area contributed by atoms with Gasteiger partial charge in [0, 0.05) is 11.7 Å². The molecule has 1 aliphatic heterocycles. The largest absolute Gasteiger partial charge is 0.310 e. The third-order valence-corrected chi connectivity index (χ3v) is 1.75. The summed E-state index contributed by atoms with van der Waals surface area (Å²) in [5, 5.41) is 2.00. The predicted molar refractivity (Wildman–Crippen MR) is 43.7 cm³/mol. The van der Waals surface area contributed by atoms with Gasteiger partial charge in [0.15, 0.2) is 0 Å². The first-order valence-corrected chi connectivity index (χ1v) is 3.84. The van der Waals surface area contributed by atoms with Crippen molar-refractivity contribution in [3.8, 4) is 0 Å². The van der Waals surface area contributed by atoms with Crippen molar-refractivity contribution in [2.24, 2.45) is 0 Å². The van der Waals surface area contributed by atoms with Crippen molar-refractivity contribution in [3.05, 3.63) is 11.8 Å². The van der Waals surface area contributed by atoms with Gasteiger partial charge in [-0.15, -0.1) is 0 Å². The Labute approximate surface area is 67.0 Å². The number of aldehydes is 1. The molecule has 0 saturated carbocycles. The van der Waals surface area contributed by atoms with Gasteiger partial charge in [0.1, 0.15) is 12.3 Å². The van der Waals surface area contributed by atoms with Crippen molar-refractivity contribution in [1.82, 2.24) is 10.4 Å². The molecule has 1 rings (SSSR count). The first kappa shape index (κ1) is 8.27. The minimum absolute atomic E-state index is 0.127. The van der Waals surface area contributed by atoms with Gasteiger partial charge >= 0.3 is 0 Å². The van der Waals surface area contributed by atoms with E-state index in [1.165, 1.54) is 0 Å². The number of hydrogen-bond acceptors (Lipinski definition) is 3. The van der Waals surface area contributed by atoms with E-state index in [0.29, 0.717) is 6.04 Å². The molecule has 0 aromatic carbocycles. The van der Waals surface area contributed by atoms with Crippen LogP contribution in [0.1, 0.15) is 20.8 Å². The number of hydrogen-bond donors (Lipinski definition) is 1. The highest BCUT2D eigenvalue weighted by Crippen LogP contribution is 2.12. The van der Waals surface area contributed by atoms with Crippen LogP contribution in [0.15, 0.2) is 11.8 Å². The summed E-state index contributed by atoms with van der Waals surface area (Å²) in [6.07, 6.45) is 2.83. The van der Waals surface area contributed by atoms with Crippen LogP contribution >= 0.6 is 0 Å². The molecule has 0 bridgehead atoms. The Kier molecular flexibility index (Phi) is 2.29. The maximum atomic E-state index is 10.4. The molecule has 1 N–H and O–H groups in total. The van der Waals surface area contributed by atoms with Crippen LogP contribution in [0.25, 0.3) is 0 Å². The molecule has 0 aromatic rings. The summed E-state index contributed by atoms with van der Waals surface area (Å²) in [5.41, 5.74) is 4.18. The van der Waals surface area contributed by atoms with Gasteiger partial charge in [-0.1, -0.05) is 0 Å². The SMILES string of the molecule is CC1=CC(C=O)NN1C(C)C. The van der Waals surface area contributed by atoms with Crippen molar-refractivity contribution >= 4 is 6.29 Å². The van der Waals surface area contributed by atoms with Gasteiger partial charge in [0.2, 0.25) is 0 Å². The molecule has 0 saturated heterocycles. The highest BCUT2D eigenvalue weighted by molar-refractivity contribution is 5.62. The van der Waals surface area contributed by atoms with Crippen molar-refractivity contribution < 1.29 is 4.79 Å². The lowest BCUT2D eigenvalue weighted by Crippen LogP contribution is -2.41. The number of carbonyl (C=O) groups excluding carboxylic acids is 1. The Morgan fingerprint density at radius 1 is 1.73 bits per heavy atom. The maximum Gasteiger partial charge on any atom is 0.142 e. The molecule has 0 amide bonds. The van der Waals surface area contributed by atoms with E-state index in [1.54, 1.807) is 0 Å². The molecule has 1 unspecified atom stereocenters. The minimum Gasteiger partial charge on any atom is -0.310 e. The molecule has 62 valence electrons. The van der Waals surface area contributed by atoms with E-state index in [9.17, 15) is 4.79 Å². The van der Waals surface area contributed by atoms with Crippen molar-refractivity contribution in [2.45, 2.75) is 32.9 Å². The van der Waals surface area contributed by atoms with Gasteiger partial charge in [-0.25, -0.2) is 5.43 Å². The predicted octanol–water partition coefficient (Wildman–Crippen LogP) is 0.686. The minimum atomic E-state index is -0.127. The third-order valence-electron chi connectivity index (χ3n) is 1.75. The lowest BCUT2D eigenvalue weighted by Gasteiger charge is -2.25. The van der Waals surface area contributed by atoms with Crippen molar-refractivity contribution in [3.63, 3.8) is 0 Å². The normalized spacial score (nSPS) is 24.2. The van der Waals surface area contributed by atoms with Gasteiger partial charge in [-0.2, -0.15) is 0 Å². The number of nitrogens with one attached hydrogen (secondary N) is 1. The topological polar surface area (TPSA) is 32.3 Å². The molecular formula is C8H14N2O. The third kappa shape index (κ3) is 1.60. The van der Waals surface area contributed by atoms with E-state index in [0.717, 1.165) is 12.0 Å². The Morgan fingerprint density at radius 2 is 2.36 bits per heavy atom. The van der Waals surface area contributed by atoms with E-state index in [4.69, 9.17) is 0 Å². The molecule has 3 heteroatoms. The van der Waals surface area contributed by atoms with Crippen LogP contribution in [0, 0.1) is 0 Å². The second-order valence-electron chi connectivity index (χ2n) is 3.06. The highest BCUT2D eigenvalue weighted by Gasteiger charge is 2.20. The fourth-order valence-corrected chi connectivity index (χ4v) is 1.27. The second kappa shape index (κ2) is 3.05. The summed E-state index contributed by atoms with van der Waals surface area (Å²) in [6.45, 7) is 6.16. The van der Waals surface area contributed by atoms with Crippen LogP contribution < -0.4 is 5.43 Å². The quantitative estimate of drug-likeness (QED) is 0.594. The molecule has 1 aliphatic rings. The summed E-state index contributed by atoms with van der Waals surface area (Å²) < 4.78 is 0. The number of carbonyl (C=O) groups is 1. The van der Waals surface area contributed by atoms with Crippen LogP contribution in [-0.2, 0) is 4.79 Å². The second-order valence-corrected chi connectivity index (χ2v) is 3.06. The average Bonchev–Trinajstić information content (AvgIpc) is 2.30. The van der Waals surface area contributed by atoms with E-state index in [2.05, 4.69) is 19.3 Å². The van der Waals surface area contributed by atoms with Crippen LogP contribution in [-0.4, -0.2) is 23.4 Å². The molecule has 3 nitrogen and oxygen atoms in total. The smallest absolute Gasteiger partial charge is 0.142 e. The fourth-order valence-electron chi connectivity index (χ4n) is 1.27. The Morgan fingerprint density at radius 3 is 2.64 bits per heavy atom. The zero-order valence-corrected chi connectivity index (χ0v) is 7.16. The molecule has 1 heterocycles. The summed E-state index contributed by atoms with van der Waals surface area (Å²) in [6, 6.07) is 0.272. The number of hydrazine groups is 1. The van der Waals surface area contributed by atoms with Gasteiger partial charge < -0.3 is 9.80 Å². The molecule has 0 aromatic heterocycles. The van der Waals surface area contributed by atoms with E-state index in [1.807, 2.05) is 18.0 Å². The maximum absolute atomic E-state index is 10.4. The van der Waals surface area contributed by atoms with Gasteiger partial charge in [-0.05, 0) is 26.8 Å². The Hall–Kier alpha value is -0.830.